The molecule has 124 valence electrons. The second-order valence-corrected chi connectivity index (χ2v) is 7.83. The van der Waals surface area contributed by atoms with Gasteiger partial charge >= 0.3 is 0 Å². The zero-order valence-electron chi connectivity index (χ0n) is 13.0. The van der Waals surface area contributed by atoms with Crippen LogP contribution in [0.15, 0.2) is 22.8 Å². The number of carbonyl (C=O) groups is 1. The van der Waals surface area contributed by atoms with Gasteiger partial charge in [0.25, 0.3) is 0 Å². The first-order valence-electron chi connectivity index (χ1n) is 7.81. The Kier molecular flexibility index (Phi) is 6.02. The van der Waals surface area contributed by atoms with E-state index >= 15 is 0 Å². The molecule has 1 atom stereocenters. The number of sulfonamides is 1. The molecule has 0 bridgehead atoms. The first-order valence-corrected chi connectivity index (χ1v) is 9.41. The quantitative estimate of drug-likeness (QED) is 0.767. The summed E-state index contributed by atoms with van der Waals surface area (Å²) in [4.78, 5) is 12.2. The third kappa shape index (κ3) is 4.58. The highest BCUT2D eigenvalue weighted by Gasteiger charge is 2.31. The van der Waals surface area contributed by atoms with Gasteiger partial charge in [0.05, 0.1) is 17.9 Å². The van der Waals surface area contributed by atoms with Gasteiger partial charge in [0, 0.05) is 26.1 Å². The summed E-state index contributed by atoms with van der Waals surface area (Å²) in [5, 5.41) is 2.90. The number of hydrogen-bond donors (Lipinski definition) is 1. The molecule has 1 fully saturated rings. The molecule has 7 heteroatoms. The lowest BCUT2D eigenvalue weighted by Gasteiger charge is -2.30. The van der Waals surface area contributed by atoms with Crippen molar-refractivity contribution in [2.75, 3.05) is 25.4 Å². The van der Waals surface area contributed by atoms with Gasteiger partial charge in [-0.2, -0.15) is 0 Å². The summed E-state index contributed by atoms with van der Waals surface area (Å²) in [6.45, 7) is 3.04. The fraction of sp³-hybridized carbons (Fsp3) is 0.667. The smallest absolute Gasteiger partial charge is 0.224 e. The monoisotopic (exact) mass is 328 g/mol. The third-order valence-electron chi connectivity index (χ3n) is 3.99. The summed E-state index contributed by atoms with van der Waals surface area (Å²) in [5.74, 6) is 0.714. The van der Waals surface area contributed by atoms with E-state index in [-0.39, 0.29) is 17.6 Å². The van der Waals surface area contributed by atoms with E-state index in [0.717, 1.165) is 31.4 Å². The molecule has 1 aromatic rings. The van der Waals surface area contributed by atoms with Crippen LogP contribution in [0.1, 0.15) is 31.9 Å². The molecular weight excluding hydrogens is 304 g/mol. The van der Waals surface area contributed by atoms with E-state index in [1.165, 1.54) is 4.31 Å². The van der Waals surface area contributed by atoms with Crippen LogP contribution in [0, 0.1) is 5.92 Å². The summed E-state index contributed by atoms with van der Waals surface area (Å²) < 4.78 is 30.5. The SMILES string of the molecule is CCS(=O)(=O)N1CCCC(C(=O)NCCCc2ccco2)C1. The van der Waals surface area contributed by atoms with Crippen molar-refractivity contribution in [3.8, 4) is 0 Å². The lowest BCUT2D eigenvalue weighted by Crippen LogP contribution is -2.46. The molecule has 1 unspecified atom stereocenters. The summed E-state index contributed by atoms with van der Waals surface area (Å²) in [7, 11) is -3.20. The van der Waals surface area contributed by atoms with Gasteiger partial charge in [-0.3, -0.25) is 4.79 Å². The average Bonchev–Trinajstić information content (AvgIpc) is 3.05. The minimum atomic E-state index is -3.20. The summed E-state index contributed by atoms with van der Waals surface area (Å²) in [5.41, 5.74) is 0. The first-order chi connectivity index (χ1) is 10.5. The van der Waals surface area contributed by atoms with Crippen LogP contribution in [0.2, 0.25) is 0 Å². The largest absolute Gasteiger partial charge is 0.469 e. The number of rotatable bonds is 7. The van der Waals surface area contributed by atoms with Gasteiger partial charge in [-0.1, -0.05) is 0 Å². The molecule has 1 saturated heterocycles. The predicted molar refractivity (Wildman–Crippen MR) is 83.8 cm³/mol. The lowest BCUT2D eigenvalue weighted by molar-refractivity contribution is -0.126. The van der Waals surface area contributed by atoms with Crippen molar-refractivity contribution in [3.63, 3.8) is 0 Å². The van der Waals surface area contributed by atoms with Crippen LogP contribution >= 0.6 is 0 Å². The number of aryl methyl sites for hydroxylation is 1. The van der Waals surface area contributed by atoms with Gasteiger partial charge in [0.15, 0.2) is 0 Å². The van der Waals surface area contributed by atoms with Crippen molar-refractivity contribution in [1.82, 2.24) is 9.62 Å². The molecule has 1 aliphatic heterocycles. The highest BCUT2D eigenvalue weighted by atomic mass is 32.2. The van der Waals surface area contributed by atoms with E-state index < -0.39 is 10.0 Å². The van der Waals surface area contributed by atoms with Crippen LogP contribution in [0.3, 0.4) is 0 Å². The van der Waals surface area contributed by atoms with E-state index in [1.54, 1.807) is 13.2 Å². The summed E-state index contributed by atoms with van der Waals surface area (Å²) in [6.07, 6.45) is 4.72. The first kappa shape index (κ1) is 17.0. The second-order valence-electron chi connectivity index (χ2n) is 5.57. The maximum absolute atomic E-state index is 12.2. The topological polar surface area (TPSA) is 79.6 Å². The van der Waals surface area contributed by atoms with Crippen LogP contribution in [-0.4, -0.2) is 44.0 Å². The molecule has 1 aliphatic rings. The van der Waals surface area contributed by atoms with Crippen LogP contribution < -0.4 is 5.32 Å². The minimum absolute atomic E-state index is 0.0459. The molecule has 0 aliphatic carbocycles. The number of nitrogens with one attached hydrogen (secondary N) is 1. The number of furan rings is 1. The number of carbonyl (C=O) groups excluding carboxylic acids is 1. The van der Waals surface area contributed by atoms with Gasteiger partial charge in [0.1, 0.15) is 5.76 Å². The zero-order chi connectivity index (χ0) is 16.0. The molecule has 0 saturated carbocycles. The number of nitrogens with zero attached hydrogens (tertiary/aromatic N) is 1. The average molecular weight is 328 g/mol. The Balaban J connectivity index is 1.74. The normalized spacial score (nSPS) is 20.0. The van der Waals surface area contributed by atoms with Crippen LogP contribution in [0.25, 0.3) is 0 Å². The molecule has 2 heterocycles. The van der Waals surface area contributed by atoms with E-state index in [4.69, 9.17) is 4.42 Å². The molecule has 22 heavy (non-hydrogen) atoms. The summed E-state index contributed by atoms with van der Waals surface area (Å²) >= 11 is 0. The van der Waals surface area contributed by atoms with Crippen LogP contribution in [0.4, 0.5) is 0 Å². The van der Waals surface area contributed by atoms with Gasteiger partial charge < -0.3 is 9.73 Å². The van der Waals surface area contributed by atoms with Crippen molar-refractivity contribution in [2.45, 2.75) is 32.6 Å². The van der Waals surface area contributed by atoms with Crippen molar-refractivity contribution in [1.29, 1.82) is 0 Å². The fourth-order valence-electron chi connectivity index (χ4n) is 2.67. The van der Waals surface area contributed by atoms with E-state index in [1.807, 2.05) is 12.1 Å². The Morgan fingerprint density at radius 1 is 1.50 bits per heavy atom. The molecular formula is C15H24N2O4S. The molecule has 1 N–H and O–H groups in total. The summed E-state index contributed by atoms with van der Waals surface area (Å²) in [6, 6.07) is 3.76. The highest BCUT2D eigenvalue weighted by Crippen LogP contribution is 2.19. The molecule has 2 rings (SSSR count). The van der Waals surface area contributed by atoms with Gasteiger partial charge in [0.2, 0.25) is 15.9 Å². The highest BCUT2D eigenvalue weighted by molar-refractivity contribution is 7.89. The molecule has 1 aromatic heterocycles. The van der Waals surface area contributed by atoms with E-state index in [2.05, 4.69) is 5.32 Å². The maximum atomic E-state index is 12.2. The Hall–Kier alpha value is -1.34. The molecule has 0 aromatic carbocycles. The van der Waals surface area contributed by atoms with Crippen LogP contribution in [0.5, 0.6) is 0 Å². The van der Waals surface area contributed by atoms with Crippen molar-refractivity contribution < 1.29 is 17.6 Å². The Morgan fingerprint density at radius 2 is 2.32 bits per heavy atom. The van der Waals surface area contributed by atoms with Crippen molar-refractivity contribution >= 4 is 15.9 Å². The van der Waals surface area contributed by atoms with Gasteiger partial charge in [-0.25, -0.2) is 12.7 Å². The molecule has 0 spiro atoms. The second kappa shape index (κ2) is 7.78. The Labute approximate surface area is 131 Å². The van der Waals surface area contributed by atoms with Crippen molar-refractivity contribution in [2.24, 2.45) is 5.92 Å². The van der Waals surface area contributed by atoms with Crippen LogP contribution in [-0.2, 0) is 21.2 Å². The Bertz CT molecular complexity index is 568. The van der Waals surface area contributed by atoms with E-state index in [9.17, 15) is 13.2 Å². The minimum Gasteiger partial charge on any atom is -0.469 e. The molecule has 6 nitrogen and oxygen atoms in total. The van der Waals surface area contributed by atoms with Gasteiger partial charge in [-0.05, 0) is 38.3 Å². The number of hydrogen-bond acceptors (Lipinski definition) is 4. The standard InChI is InChI=1S/C15H24N2O4S/c1-2-22(19,20)17-10-4-6-13(12-17)15(18)16-9-3-7-14-8-5-11-21-14/h5,8,11,13H,2-4,6-7,9-10,12H2,1H3,(H,16,18). The number of piperidine rings is 1. The van der Waals surface area contributed by atoms with Crippen molar-refractivity contribution in [3.05, 3.63) is 24.2 Å². The lowest BCUT2D eigenvalue weighted by atomic mass is 9.99. The predicted octanol–water partition coefficient (Wildman–Crippen LogP) is 1.39. The van der Waals surface area contributed by atoms with E-state index in [0.29, 0.717) is 19.6 Å². The third-order valence-corrected chi connectivity index (χ3v) is 5.84. The fourth-order valence-corrected chi connectivity index (χ4v) is 3.84. The van der Waals surface area contributed by atoms with Gasteiger partial charge in [-0.15, -0.1) is 0 Å². The zero-order valence-corrected chi connectivity index (χ0v) is 13.8. The number of amides is 1. The Morgan fingerprint density at radius 3 is 3.00 bits per heavy atom. The maximum Gasteiger partial charge on any atom is 0.224 e. The molecule has 1 amide bonds. The molecule has 0 radical (unpaired) electrons.